The summed E-state index contributed by atoms with van der Waals surface area (Å²) in [6, 6.07) is 0. The van der Waals surface area contributed by atoms with Crippen LogP contribution in [0, 0.1) is 5.41 Å². The van der Waals surface area contributed by atoms with Gasteiger partial charge in [0, 0.05) is 57.2 Å². The van der Waals surface area contributed by atoms with Gasteiger partial charge in [-0.05, 0) is 18.9 Å². The molecule has 3 rings (SSSR count). The summed E-state index contributed by atoms with van der Waals surface area (Å²) in [5.41, 5.74) is 3.62. The molecule has 1 aliphatic carbocycles. The molecule has 2 saturated heterocycles. The third kappa shape index (κ3) is 4.21. The van der Waals surface area contributed by atoms with Gasteiger partial charge in [0.1, 0.15) is 13.1 Å². The zero-order valence-corrected chi connectivity index (χ0v) is 16.0. The highest BCUT2D eigenvalue weighted by molar-refractivity contribution is 5.92. The van der Waals surface area contributed by atoms with Gasteiger partial charge in [-0.2, -0.15) is 0 Å². The van der Waals surface area contributed by atoms with Crippen molar-refractivity contribution in [2.45, 2.75) is 39.5 Å². The van der Waals surface area contributed by atoms with Crippen LogP contribution in [0.25, 0.3) is 0 Å². The first kappa shape index (κ1) is 17.3. The lowest BCUT2D eigenvalue weighted by Crippen LogP contribution is -3.00. The Hall–Kier alpha value is -0.100. The number of likely N-dealkylation sites (N-methyl/N-ethyl adjacent to an activating group) is 1. The molecule has 4 heteroatoms. The van der Waals surface area contributed by atoms with Gasteiger partial charge in [-0.25, -0.2) is 4.58 Å². The number of rotatable bonds is 1. The third-order valence-electron chi connectivity index (χ3n) is 5.07. The molecule has 21 heavy (non-hydrogen) atoms. The van der Waals surface area contributed by atoms with Crippen molar-refractivity contribution in [3.63, 3.8) is 0 Å². The molecule has 3 aliphatic rings. The van der Waals surface area contributed by atoms with E-state index in [2.05, 4.69) is 41.3 Å². The molecule has 0 aromatic heterocycles. The summed E-state index contributed by atoms with van der Waals surface area (Å²) in [6.45, 7) is 12.2. The standard InChI is InChI=1S/C17H30N3.HI/c1-17(2)13-15(19-6-4-5-7-19)12-16(14-17)20-10-8-18(3)9-11-20;/h12H,4-11,13-14H2,1-3H3;1H/q+1;/p-1. The summed E-state index contributed by atoms with van der Waals surface area (Å²) >= 11 is 0. The number of hydrogen-bond donors (Lipinski definition) is 0. The van der Waals surface area contributed by atoms with Gasteiger partial charge < -0.3 is 33.8 Å². The van der Waals surface area contributed by atoms with E-state index in [1.165, 1.54) is 65.0 Å². The molecular formula is C17H30IN3. The Morgan fingerprint density at radius 1 is 1.00 bits per heavy atom. The van der Waals surface area contributed by atoms with Crippen LogP contribution in [0.1, 0.15) is 39.5 Å². The summed E-state index contributed by atoms with van der Waals surface area (Å²) in [7, 11) is 2.23. The van der Waals surface area contributed by atoms with E-state index in [9.17, 15) is 0 Å². The van der Waals surface area contributed by atoms with Gasteiger partial charge in [0.15, 0.2) is 5.71 Å². The summed E-state index contributed by atoms with van der Waals surface area (Å²) in [5.74, 6) is 0. The molecule has 0 saturated carbocycles. The minimum atomic E-state index is 0. The molecule has 0 aromatic rings. The highest BCUT2D eigenvalue weighted by Gasteiger charge is 2.34. The summed E-state index contributed by atoms with van der Waals surface area (Å²) in [4.78, 5) is 5.08. The van der Waals surface area contributed by atoms with E-state index in [1.54, 1.807) is 11.4 Å². The zero-order valence-electron chi connectivity index (χ0n) is 13.9. The van der Waals surface area contributed by atoms with Crippen LogP contribution in [0.3, 0.4) is 0 Å². The first-order valence-electron chi connectivity index (χ1n) is 8.28. The molecule has 3 nitrogen and oxygen atoms in total. The van der Waals surface area contributed by atoms with Crippen LogP contribution in [0.15, 0.2) is 11.8 Å². The van der Waals surface area contributed by atoms with Gasteiger partial charge in [0.25, 0.3) is 0 Å². The Morgan fingerprint density at radius 2 is 1.62 bits per heavy atom. The SMILES string of the molecule is CN1CCN(C2=CC(=[N+]3CCCC3)CC(C)(C)C2)CC1.[I-]. The van der Waals surface area contributed by atoms with Gasteiger partial charge in [0.2, 0.25) is 0 Å². The van der Waals surface area contributed by atoms with Crippen LogP contribution >= 0.6 is 0 Å². The molecule has 0 N–H and O–H groups in total. The Balaban J connectivity index is 0.00000161. The van der Waals surface area contributed by atoms with Crippen molar-refractivity contribution in [2.24, 2.45) is 5.41 Å². The average molecular weight is 403 g/mol. The van der Waals surface area contributed by atoms with Crippen LogP contribution in [0.4, 0.5) is 0 Å². The van der Waals surface area contributed by atoms with E-state index in [0.717, 1.165) is 0 Å². The lowest BCUT2D eigenvalue weighted by atomic mass is 9.78. The Bertz CT molecular complexity index is 423. The second-order valence-corrected chi connectivity index (χ2v) is 7.63. The van der Waals surface area contributed by atoms with Crippen molar-refractivity contribution >= 4 is 5.71 Å². The molecule has 2 fully saturated rings. The first-order valence-corrected chi connectivity index (χ1v) is 8.28. The fourth-order valence-electron chi connectivity index (χ4n) is 3.84. The molecule has 0 bridgehead atoms. The van der Waals surface area contributed by atoms with Gasteiger partial charge in [0.05, 0.1) is 0 Å². The summed E-state index contributed by atoms with van der Waals surface area (Å²) in [5, 5.41) is 0. The fourth-order valence-corrected chi connectivity index (χ4v) is 3.84. The highest BCUT2D eigenvalue weighted by Crippen LogP contribution is 2.36. The monoisotopic (exact) mass is 403 g/mol. The van der Waals surface area contributed by atoms with E-state index in [-0.39, 0.29) is 24.0 Å². The highest BCUT2D eigenvalue weighted by atomic mass is 127. The topological polar surface area (TPSA) is 9.49 Å². The zero-order chi connectivity index (χ0) is 14.2. The maximum atomic E-state index is 2.64. The van der Waals surface area contributed by atoms with E-state index < -0.39 is 0 Å². The van der Waals surface area contributed by atoms with E-state index in [4.69, 9.17) is 0 Å². The molecule has 0 aromatic carbocycles. The average Bonchev–Trinajstić information content (AvgIpc) is 2.91. The van der Waals surface area contributed by atoms with Crippen LogP contribution in [0.5, 0.6) is 0 Å². The van der Waals surface area contributed by atoms with Gasteiger partial charge in [-0.3, -0.25) is 0 Å². The first-order chi connectivity index (χ1) is 9.53. The quantitative estimate of drug-likeness (QED) is 0.419. The minimum Gasteiger partial charge on any atom is -1.00 e. The van der Waals surface area contributed by atoms with Crippen LogP contribution in [-0.2, 0) is 0 Å². The number of nitrogens with zero attached hydrogens (tertiary/aromatic N) is 3. The lowest BCUT2D eigenvalue weighted by molar-refractivity contribution is -0.507. The second kappa shape index (κ2) is 6.99. The Morgan fingerprint density at radius 3 is 2.24 bits per heavy atom. The van der Waals surface area contributed by atoms with Crippen molar-refractivity contribution in [2.75, 3.05) is 46.3 Å². The predicted octanol–water partition coefficient (Wildman–Crippen LogP) is -0.811. The van der Waals surface area contributed by atoms with Crippen molar-refractivity contribution in [3.05, 3.63) is 11.8 Å². The van der Waals surface area contributed by atoms with Crippen LogP contribution in [0.2, 0.25) is 0 Å². The Kier molecular flexibility index (Phi) is 5.74. The second-order valence-electron chi connectivity index (χ2n) is 7.63. The van der Waals surface area contributed by atoms with E-state index in [1.807, 2.05) is 0 Å². The minimum absolute atomic E-state index is 0. The molecule has 0 atom stereocenters. The lowest BCUT2D eigenvalue weighted by Gasteiger charge is -2.40. The van der Waals surface area contributed by atoms with Gasteiger partial charge >= 0.3 is 0 Å². The number of piperazine rings is 1. The summed E-state index contributed by atoms with van der Waals surface area (Å²) in [6.07, 6.45) is 7.78. The normalized spacial score (nSPS) is 26.6. The van der Waals surface area contributed by atoms with Crippen molar-refractivity contribution in [1.82, 2.24) is 9.80 Å². The molecule has 0 unspecified atom stereocenters. The third-order valence-corrected chi connectivity index (χ3v) is 5.07. The number of halogens is 1. The largest absolute Gasteiger partial charge is 1.00 e. The van der Waals surface area contributed by atoms with E-state index in [0.29, 0.717) is 5.41 Å². The molecule has 2 heterocycles. The molecule has 120 valence electrons. The molecule has 0 radical (unpaired) electrons. The molecule has 0 spiro atoms. The smallest absolute Gasteiger partial charge is 0.178 e. The Labute approximate surface area is 147 Å². The predicted molar refractivity (Wildman–Crippen MR) is 84.4 cm³/mol. The maximum Gasteiger partial charge on any atom is 0.178 e. The fraction of sp³-hybridized carbons (Fsp3) is 0.824. The van der Waals surface area contributed by atoms with Crippen molar-refractivity contribution in [3.8, 4) is 0 Å². The van der Waals surface area contributed by atoms with Crippen LogP contribution in [-0.4, -0.2) is 66.4 Å². The van der Waals surface area contributed by atoms with Gasteiger partial charge in [-0.15, -0.1) is 0 Å². The van der Waals surface area contributed by atoms with Crippen LogP contribution < -0.4 is 24.0 Å². The summed E-state index contributed by atoms with van der Waals surface area (Å²) < 4.78 is 2.64. The van der Waals surface area contributed by atoms with Gasteiger partial charge in [-0.1, -0.05) is 13.8 Å². The number of allylic oxidation sites excluding steroid dienone is 2. The number of hydrogen-bond acceptors (Lipinski definition) is 2. The van der Waals surface area contributed by atoms with Crippen molar-refractivity contribution in [1.29, 1.82) is 0 Å². The molecule has 2 aliphatic heterocycles. The molecular weight excluding hydrogens is 373 g/mol. The molecule has 0 amide bonds. The maximum absolute atomic E-state index is 2.64. The van der Waals surface area contributed by atoms with E-state index >= 15 is 0 Å². The van der Waals surface area contributed by atoms with Crippen molar-refractivity contribution < 1.29 is 28.6 Å².